The third-order valence-electron chi connectivity index (χ3n) is 5.22. The monoisotopic (exact) mass is 410 g/mol. The summed E-state index contributed by atoms with van der Waals surface area (Å²) < 4.78 is 0. The summed E-state index contributed by atoms with van der Waals surface area (Å²) in [6, 6.07) is 16.5. The number of benzene rings is 2. The minimum absolute atomic E-state index is 0.179. The van der Waals surface area contributed by atoms with E-state index in [4.69, 9.17) is 5.73 Å². The van der Waals surface area contributed by atoms with E-state index in [1.165, 1.54) is 6.07 Å². The highest BCUT2D eigenvalue weighted by Gasteiger charge is 2.27. The van der Waals surface area contributed by atoms with E-state index in [9.17, 15) is 19.5 Å². The number of nitrogens with two attached hydrogens (primary N) is 1. The van der Waals surface area contributed by atoms with Gasteiger partial charge in [-0.15, -0.1) is 0 Å². The molecule has 1 saturated heterocycles. The molecule has 0 aromatic heterocycles. The molecule has 4 N–H and O–H groups in total. The van der Waals surface area contributed by atoms with Gasteiger partial charge in [-0.1, -0.05) is 30.3 Å². The van der Waals surface area contributed by atoms with Crippen LogP contribution in [0.4, 0.5) is 11.4 Å². The molecule has 8 nitrogen and oxygen atoms in total. The molecule has 30 heavy (non-hydrogen) atoms. The molecular weight excluding hydrogens is 384 g/mol. The fourth-order valence-corrected chi connectivity index (χ4v) is 3.60. The van der Waals surface area contributed by atoms with Gasteiger partial charge in [-0.25, -0.2) is 0 Å². The lowest BCUT2D eigenvalue weighted by atomic mass is 10.0. The van der Waals surface area contributed by atoms with Gasteiger partial charge in [0, 0.05) is 44.8 Å². The van der Waals surface area contributed by atoms with Crippen LogP contribution >= 0.6 is 0 Å². The van der Waals surface area contributed by atoms with E-state index in [2.05, 4.69) is 27.2 Å². The third kappa shape index (κ3) is 5.57. The highest BCUT2D eigenvalue weighted by molar-refractivity contribution is 6.03. The van der Waals surface area contributed by atoms with E-state index in [0.717, 1.165) is 31.9 Å². The summed E-state index contributed by atoms with van der Waals surface area (Å²) in [4.78, 5) is 40.0. The van der Waals surface area contributed by atoms with Crippen molar-refractivity contribution in [3.05, 3.63) is 60.2 Å². The van der Waals surface area contributed by atoms with E-state index in [1.807, 2.05) is 18.2 Å². The topological polar surface area (TPSA) is 116 Å². The number of para-hydroxylation sites is 2. The lowest BCUT2D eigenvalue weighted by molar-refractivity contribution is -0.144. The van der Waals surface area contributed by atoms with Crippen LogP contribution < -0.4 is 16.0 Å². The van der Waals surface area contributed by atoms with E-state index >= 15 is 0 Å². The summed E-state index contributed by atoms with van der Waals surface area (Å²) >= 11 is 0. The highest BCUT2D eigenvalue weighted by Crippen LogP contribution is 2.18. The first kappa shape index (κ1) is 21.3. The zero-order valence-corrected chi connectivity index (χ0v) is 16.7. The van der Waals surface area contributed by atoms with E-state index in [1.54, 1.807) is 18.2 Å². The first-order valence-electron chi connectivity index (χ1n) is 9.88. The summed E-state index contributed by atoms with van der Waals surface area (Å²) in [5, 5.41) is 12.2. The molecule has 0 radical (unpaired) electrons. The molecule has 2 amide bonds. The number of hydrogen-bond donors (Lipinski definition) is 3. The molecule has 0 bridgehead atoms. The molecule has 3 rings (SSSR count). The summed E-state index contributed by atoms with van der Waals surface area (Å²) in [5.74, 6) is -2.97. The van der Waals surface area contributed by atoms with Crippen molar-refractivity contribution in [2.75, 3.05) is 42.9 Å². The Morgan fingerprint density at radius 2 is 1.60 bits per heavy atom. The van der Waals surface area contributed by atoms with Gasteiger partial charge in [-0.05, 0) is 24.3 Å². The number of rotatable bonds is 8. The van der Waals surface area contributed by atoms with Crippen LogP contribution in [-0.2, 0) is 9.59 Å². The number of aliphatic carboxylic acids is 1. The maximum absolute atomic E-state index is 12.4. The molecule has 2 aromatic carbocycles. The normalized spacial score (nSPS) is 15.4. The molecule has 1 atom stereocenters. The molecule has 0 spiro atoms. The number of piperazine rings is 1. The number of nitrogens with one attached hydrogen (secondary N) is 1. The second-order valence-corrected chi connectivity index (χ2v) is 7.32. The Morgan fingerprint density at radius 1 is 0.967 bits per heavy atom. The molecule has 158 valence electrons. The highest BCUT2D eigenvalue weighted by atomic mass is 16.4. The van der Waals surface area contributed by atoms with Gasteiger partial charge in [0.05, 0.1) is 17.2 Å². The maximum atomic E-state index is 12.4. The predicted octanol–water partition coefficient (Wildman–Crippen LogP) is 1.64. The quantitative estimate of drug-likeness (QED) is 0.609. The average Bonchev–Trinajstić information content (AvgIpc) is 2.74. The van der Waals surface area contributed by atoms with Crippen molar-refractivity contribution >= 4 is 29.2 Å². The second kappa shape index (κ2) is 9.89. The van der Waals surface area contributed by atoms with Crippen molar-refractivity contribution in [3.63, 3.8) is 0 Å². The van der Waals surface area contributed by atoms with E-state index < -0.39 is 23.7 Å². The van der Waals surface area contributed by atoms with Gasteiger partial charge in [-0.3, -0.25) is 19.3 Å². The number of nitrogens with zero attached hydrogens (tertiary/aromatic N) is 2. The third-order valence-corrected chi connectivity index (χ3v) is 5.22. The Kier molecular flexibility index (Phi) is 7.03. The number of primary amides is 1. The number of carboxylic acids is 1. The van der Waals surface area contributed by atoms with Crippen molar-refractivity contribution in [3.8, 4) is 0 Å². The van der Waals surface area contributed by atoms with Gasteiger partial charge in [0.15, 0.2) is 0 Å². The molecule has 0 aliphatic carbocycles. The fourth-order valence-electron chi connectivity index (χ4n) is 3.60. The molecule has 1 heterocycles. The number of amides is 2. The standard InChI is InChI=1S/C22H26N4O4/c23-21(28)18-8-4-5-9-19(18)24-20(27)14-16(22(29)30)15-25-10-12-26(13-11-25)17-6-2-1-3-7-17/h1-9,16H,10-15H2,(H2,23,28)(H,24,27)(H,29,30)/t16-/m1/s1. The van der Waals surface area contributed by atoms with Crippen LogP contribution in [0.25, 0.3) is 0 Å². The summed E-state index contributed by atoms with van der Waals surface area (Å²) in [5.41, 5.74) is 6.95. The van der Waals surface area contributed by atoms with Crippen LogP contribution in [0, 0.1) is 5.92 Å². The molecule has 1 aliphatic heterocycles. The predicted molar refractivity (Wildman–Crippen MR) is 114 cm³/mol. The van der Waals surface area contributed by atoms with Crippen LogP contribution in [0.15, 0.2) is 54.6 Å². The summed E-state index contributed by atoms with van der Waals surface area (Å²) in [7, 11) is 0. The van der Waals surface area contributed by atoms with Gasteiger partial charge >= 0.3 is 5.97 Å². The SMILES string of the molecule is NC(=O)c1ccccc1NC(=O)C[C@H](CN1CCN(c2ccccc2)CC1)C(=O)O. The largest absolute Gasteiger partial charge is 0.481 e. The summed E-state index contributed by atoms with van der Waals surface area (Å²) in [6.45, 7) is 3.35. The van der Waals surface area contributed by atoms with Gasteiger partial charge in [0.25, 0.3) is 5.91 Å². The minimum Gasteiger partial charge on any atom is -0.481 e. The van der Waals surface area contributed by atoms with Crippen molar-refractivity contribution < 1.29 is 19.5 Å². The summed E-state index contributed by atoms with van der Waals surface area (Å²) in [6.07, 6.45) is -0.179. The lowest BCUT2D eigenvalue weighted by Gasteiger charge is -2.37. The van der Waals surface area contributed by atoms with Crippen LogP contribution in [0.2, 0.25) is 0 Å². The van der Waals surface area contributed by atoms with Crippen LogP contribution in [-0.4, -0.2) is 60.5 Å². The minimum atomic E-state index is -1.01. The van der Waals surface area contributed by atoms with Crippen LogP contribution in [0.1, 0.15) is 16.8 Å². The average molecular weight is 410 g/mol. The molecule has 1 aliphatic rings. The van der Waals surface area contributed by atoms with Crippen LogP contribution in [0.3, 0.4) is 0 Å². The van der Waals surface area contributed by atoms with Crippen molar-refractivity contribution in [2.45, 2.75) is 6.42 Å². The Morgan fingerprint density at radius 3 is 2.23 bits per heavy atom. The van der Waals surface area contributed by atoms with Crippen molar-refractivity contribution in [1.29, 1.82) is 0 Å². The molecule has 1 fully saturated rings. The Balaban J connectivity index is 1.55. The van der Waals surface area contributed by atoms with Gasteiger partial charge in [-0.2, -0.15) is 0 Å². The number of carbonyl (C=O) groups is 3. The zero-order valence-electron chi connectivity index (χ0n) is 16.7. The number of anilines is 2. The van der Waals surface area contributed by atoms with Crippen molar-refractivity contribution in [2.24, 2.45) is 11.7 Å². The maximum Gasteiger partial charge on any atom is 0.308 e. The number of carboxylic acid groups (broad SMARTS) is 1. The number of carbonyl (C=O) groups excluding carboxylic acids is 2. The van der Waals surface area contributed by atoms with Gasteiger partial charge in [0.1, 0.15) is 0 Å². The van der Waals surface area contributed by atoms with Gasteiger partial charge < -0.3 is 21.1 Å². The number of hydrogen-bond acceptors (Lipinski definition) is 5. The van der Waals surface area contributed by atoms with Crippen molar-refractivity contribution in [1.82, 2.24) is 4.90 Å². The Labute approximate surface area is 175 Å². The Hall–Kier alpha value is -3.39. The Bertz CT molecular complexity index is 895. The van der Waals surface area contributed by atoms with E-state index in [-0.39, 0.29) is 17.7 Å². The zero-order chi connectivity index (χ0) is 21.5. The van der Waals surface area contributed by atoms with Crippen LogP contribution in [0.5, 0.6) is 0 Å². The smallest absolute Gasteiger partial charge is 0.308 e. The molecule has 0 saturated carbocycles. The second-order valence-electron chi connectivity index (χ2n) is 7.32. The first-order chi connectivity index (χ1) is 14.4. The van der Waals surface area contributed by atoms with E-state index in [0.29, 0.717) is 6.54 Å². The van der Waals surface area contributed by atoms with Gasteiger partial charge in [0.2, 0.25) is 5.91 Å². The molecule has 0 unspecified atom stereocenters. The molecule has 2 aromatic rings. The molecular formula is C22H26N4O4. The lowest BCUT2D eigenvalue weighted by Crippen LogP contribution is -2.48. The first-order valence-corrected chi connectivity index (χ1v) is 9.88. The molecule has 8 heteroatoms. The fraction of sp³-hybridized carbons (Fsp3) is 0.318.